The van der Waals surface area contributed by atoms with Crippen molar-refractivity contribution in [3.05, 3.63) is 82.2 Å². The van der Waals surface area contributed by atoms with Crippen LogP contribution in [0.4, 0.5) is 0 Å². The summed E-state index contributed by atoms with van der Waals surface area (Å²) in [5.74, 6) is -3.07. The minimum absolute atomic E-state index is 0.164. The average Bonchev–Trinajstić information content (AvgIpc) is 2.86. The largest absolute Gasteiger partial charge is 0.463 e. The van der Waals surface area contributed by atoms with Gasteiger partial charge in [0.05, 0.1) is 11.1 Å². The molecule has 1 heterocycles. The number of benzene rings is 2. The first-order valence-electron chi connectivity index (χ1n) is 10.8. The molecular formula is C24H23N3O9. The van der Waals surface area contributed by atoms with Gasteiger partial charge in [-0.2, -0.15) is 0 Å². The number of hydrogen-bond donors (Lipinski definition) is 0. The van der Waals surface area contributed by atoms with E-state index in [2.05, 4.69) is 10.0 Å². The van der Waals surface area contributed by atoms with E-state index in [-0.39, 0.29) is 11.1 Å². The van der Waals surface area contributed by atoms with E-state index in [1.165, 1.54) is 24.3 Å². The molecule has 5 atom stereocenters. The summed E-state index contributed by atoms with van der Waals surface area (Å²) in [4.78, 5) is 51.8. The average molecular weight is 497 g/mol. The number of ether oxygens (including phenoxy) is 5. The van der Waals surface area contributed by atoms with Crippen molar-refractivity contribution in [2.45, 2.75) is 44.5 Å². The normalized spacial score (nSPS) is 22.9. The van der Waals surface area contributed by atoms with Gasteiger partial charge in [-0.25, -0.2) is 9.59 Å². The van der Waals surface area contributed by atoms with E-state index in [1.807, 2.05) is 0 Å². The third-order valence-electron chi connectivity index (χ3n) is 5.04. The van der Waals surface area contributed by atoms with Crippen LogP contribution < -0.4 is 0 Å². The van der Waals surface area contributed by atoms with Gasteiger partial charge in [-0.15, -0.1) is 0 Å². The lowest BCUT2D eigenvalue weighted by Crippen LogP contribution is -2.61. The van der Waals surface area contributed by atoms with Crippen LogP contribution in [-0.2, 0) is 33.3 Å². The Bertz CT molecular complexity index is 1140. The predicted molar refractivity (Wildman–Crippen MR) is 121 cm³/mol. The van der Waals surface area contributed by atoms with Gasteiger partial charge in [0.2, 0.25) is 6.29 Å². The summed E-state index contributed by atoms with van der Waals surface area (Å²) < 4.78 is 27.2. The van der Waals surface area contributed by atoms with Crippen molar-refractivity contribution in [3.63, 3.8) is 0 Å². The number of nitrogens with zero attached hydrogens (tertiary/aromatic N) is 3. The predicted octanol–water partition coefficient (Wildman–Crippen LogP) is 2.97. The Morgan fingerprint density at radius 1 is 0.833 bits per heavy atom. The summed E-state index contributed by atoms with van der Waals surface area (Å²) in [6.45, 7) is 1.82. The molecule has 2 aromatic carbocycles. The summed E-state index contributed by atoms with van der Waals surface area (Å²) in [5.41, 5.74) is 9.52. The first-order chi connectivity index (χ1) is 17.3. The summed E-state index contributed by atoms with van der Waals surface area (Å²) in [7, 11) is 0. The standard InChI is InChI=1S/C24H23N3O9/c1-14(28)32-13-18-20(35-22(30)16-9-5-3-6-10-16)21(36-23(31)17-11-7-4-8-12-17)19(26-27-25)24(34-18)33-15(2)29/h3-12,18-21,24H,13H2,1-2H3/t18-,19-,20+,21+,24?/m0/s1. The zero-order valence-corrected chi connectivity index (χ0v) is 19.4. The van der Waals surface area contributed by atoms with Gasteiger partial charge in [0.15, 0.2) is 12.2 Å². The van der Waals surface area contributed by atoms with Gasteiger partial charge in [0, 0.05) is 18.8 Å². The molecular weight excluding hydrogens is 474 g/mol. The Labute approximate surface area is 205 Å². The molecule has 1 unspecified atom stereocenters. The van der Waals surface area contributed by atoms with E-state index in [0.717, 1.165) is 13.8 Å². The van der Waals surface area contributed by atoms with Crippen LogP contribution in [0, 0.1) is 0 Å². The molecule has 1 saturated heterocycles. The second kappa shape index (κ2) is 12.3. The fourth-order valence-electron chi connectivity index (χ4n) is 3.48. The van der Waals surface area contributed by atoms with Crippen LogP contribution in [0.1, 0.15) is 34.6 Å². The lowest BCUT2D eigenvalue weighted by atomic mass is 9.96. The van der Waals surface area contributed by atoms with Crippen molar-refractivity contribution in [1.82, 2.24) is 0 Å². The van der Waals surface area contributed by atoms with Crippen molar-refractivity contribution in [2.75, 3.05) is 6.61 Å². The topological polar surface area (TPSA) is 163 Å². The van der Waals surface area contributed by atoms with Crippen LogP contribution in [-0.4, -0.2) is 61.1 Å². The Morgan fingerprint density at radius 2 is 1.36 bits per heavy atom. The molecule has 0 radical (unpaired) electrons. The number of esters is 4. The van der Waals surface area contributed by atoms with Gasteiger partial charge in [-0.05, 0) is 29.8 Å². The molecule has 188 valence electrons. The van der Waals surface area contributed by atoms with Crippen LogP contribution in [0.3, 0.4) is 0 Å². The second-order valence-electron chi connectivity index (χ2n) is 7.62. The first kappa shape index (κ1) is 26.2. The lowest BCUT2D eigenvalue weighted by molar-refractivity contribution is -0.258. The van der Waals surface area contributed by atoms with E-state index in [9.17, 15) is 24.7 Å². The van der Waals surface area contributed by atoms with E-state index < -0.39 is 61.1 Å². The Balaban J connectivity index is 2.02. The molecule has 1 fully saturated rings. The van der Waals surface area contributed by atoms with E-state index >= 15 is 0 Å². The second-order valence-corrected chi connectivity index (χ2v) is 7.62. The maximum atomic E-state index is 12.9. The number of hydrogen-bond acceptors (Lipinski definition) is 10. The first-order valence-corrected chi connectivity index (χ1v) is 10.8. The highest BCUT2D eigenvalue weighted by Gasteiger charge is 2.52. The third-order valence-corrected chi connectivity index (χ3v) is 5.04. The SMILES string of the molecule is CC(=O)OC[C@@H]1OC(OC(C)=O)[C@@H](N=[N+]=[N-])[C@@H](OC(=O)c2ccccc2)[C@@H]1OC(=O)c1ccccc1. The maximum absolute atomic E-state index is 12.9. The molecule has 3 rings (SSSR count). The molecule has 0 saturated carbocycles. The maximum Gasteiger partial charge on any atom is 0.338 e. The summed E-state index contributed by atoms with van der Waals surface area (Å²) in [6, 6.07) is 14.4. The third kappa shape index (κ3) is 6.81. The van der Waals surface area contributed by atoms with Crippen LogP contribution in [0.15, 0.2) is 65.8 Å². The summed E-state index contributed by atoms with van der Waals surface area (Å²) >= 11 is 0. The van der Waals surface area contributed by atoms with E-state index in [1.54, 1.807) is 36.4 Å². The van der Waals surface area contributed by atoms with Crippen LogP contribution in [0.25, 0.3) is 10.4 Å². The molecule has 2 aromatic rings. The van der Waals surface area contributed by atoms with Crippen molar-refractivity contribution < 1.29 is 42.9 Å². The van der Waals surface area contributed by atoms with E-state index in [4.69, 9.17) is 23.7 Å². The highest BCUT2D eigenvalue weighted by molar-refractivity contribution is 5.90. The summed E-state index contributed by atoms with van der Waals surface area (Å²) in [6.07, 6.45) is -5.66. The molecule has 36 heavy (non-hydrogen) atoms. The Morgan fingerprint density at radius 3 is 1.83 bits per heavy atom. The van der Waals surface area contributed by atoms with Gasteiger partial charge in [0.1, 0.15) is 18.8 Å². The highest BCUT2D eigenvalue weighted by atomic mass is 16.7. The lowest BCUT2D eigenvalue weighted by Gasteiger charge is -2.43. The van der Waals surface area contributed by atoms with Gasteiger partial charge in [-0.3, -0.25) is 9.59 Å². The molecule has 0 bridgehead atoms. The molecule has 0 aromatic heterocycles. The fraction of sp³-hybridized carbons (Fsp3) is 0.333. The number of carbonyl (C=O) groups excluding carboxylic acids is 4. The van der Waals surface area contributed by atoms with Crippen LogP contribution >= 0.6 is 0 Å². The molecule has 0 N–H and O–H groups in total. The molecule has 0 spiro atoms. The molecule has 0 aliphatic carbocycles. The molecule has 1 aliphatic rings. The quantitative estimate of drug-likeness (QED) is 0.175. The van der Waals surface area contributed by atoms with Gasteiger partial charge >= 0.3 is 23.9 Å². The van der Waals surface area contributed by atoms with Crippen LogP contribution in [0.2, 0.25) is 0 Å². The van der Waals surface area contributed by atoms with Gasteiger partial charge < -0.3 is 23.7 Å². The number of rotatable bonds is 8. The minimum atomic E-state index is -1.53. The molecule has 12 nitrogen and oxygen atoms in total. The van der Waals surface area contributed by atoms with Gasteiger partial charge in [-0.1, -0.05) is 41.5 Å². The van der Waals surface area contributed by atoms with E-state index in [0.29, 0.717) is 0 Å². The summed E-state index contributed by atoms with van der Waals surface area (Å²) in [5, 5.41) is 3.61. The monoisotopic (exact) mass is 497 g/mol. The fourth-order valence-corrected chi connectivity index (χ4v) is 3.48. The Hall–Kier alpha value is -4.41. The number of carbonyl (C=O) groups is 4. The van der Waals surface area contributed by atoms with Crippen LogP contribution in [0.5, 0.6) is 0 Å². The smallest absolute Gasteiger partial charge is 0.338 e. The zero-order chi connectivity index (χ0) is 26.1. The van der Waals surface area contributed by atoms with Crippen molar-refractivity contribution in [3.8, 4) is 0 Å². The highest BCUT2D eigenvalue weighted by Crippen LogP contribution is 2.31. The van der Waals surface area contributed by atoms with Crippen molar-refractivity contribution in [2.24, 2.45) is 5.11 Å². The van der Waals surface area contributed by atoms with Crippen molar-refractivity contribution in [1.29, 1.82) is 0 Å². The van der Waals surface area contributed by atoms with Gasteiger partial charge in [0.25, 0.3) is 0 Å². The Kier molecular flexibility index (Phi) is 8.98. The molecule has 1 aliphatic heterocycles. The van der Waals surface area contributed by atoms with Crippen molar-refractivity contribution >= 4 is 23.9 Å². The number of azide groups is 1. The molecule has 0 amide bonds. The minimum Gasteiger partial charge on any atom is -0.463 e. The zero-order valence-electron chi connectivity index (χ0n) is 19.4. The molecule has 12 heteroatoms.